The van der Waals surface area contributed by atoms with Crippen molar-refractivity contribution in [1.29, 1.82) is 0 Å². The third-order valence-electron chi connectivity index (χ3n) is 6.41. The van der Waals surface area contributed by atoms with Crippen LogP contribution in [0.2, 0.25) is 0 Å². The molecule has 154 valence electrons. The molecule has 2 N–H and O–H groups in total. The molecule has 3 aliphatic heterocycles. The summed E-state index contributed by atoms with van der Waals surface area (Å²) in [6, 6.07) is 11.9. The van der Waals surface area contributed by atoms with E-state index in [4.69, 9.17) is 4.74 Å². The molecule has 0 amide bonds. The number of likely N-dealkylation sites (tertiary alicyclic amines) is 1. The van der Waals surface area contributed by atoms with E-state index in [1.165, 1.54) is 50.9 Å². The van der Waals surface area contributed by atoms with Crippen LogP contribution in [0.15, 0.2) is 35.3 Å². The number of hydrogen-bond donors (Lipinski definition) is 2. The largest absolute Gasteiger partial charge is 0.373 e. The maximum absolute atomic E-state index is 6.07. The molecule has 0 aliphatic carbocycles. The molecule has 1 aromatic rings. The van der Waals surface area contributed by atoms with Crippen LogP contribution >= 0.6 is 0 Å². The minimum atomic E-state index is 0.247. The van der Waals surface area contributed by atoms with Crippen LogP contribution in [-0.2, 0) is 4.74 Å². The summed E-state index contributed by atoms with van der Waals surface area (Å²) < 4.78 is 6.07. The Hall–Kier alpha value is -1.63. The fourth-order valence-electron chi connectivity index (χ4n) is 4.82. The first-order valence-electron chi connectivity index (χ1n) is 10.9. The van der Waals surface area contributed by atoms with E-state index in [1.54, 1.807) is 0 Å². The van der Waals surface area contributed by atoms with Crippen LogP contribution in [0, 0.1) is 0 Å². The number of benzene rings is 1. The number of rotatable bonds is 6. The first-order valence-corrected chi connectivity index (χ1v) is 10.9. The molecule has 4 rings (SSSR count). The zero-order valence-electron chi connectivity index (χ0n) is 17.1. The fraction of sp³-hybridized carbons (Fsp3) is 0.682. The molecular weight excluding hydrogens is 350 g/mol. The summed E-state index contributed by atoms with van der Waals surface area (Å²) in [5.41, 5.74) is 1.38. The van der Waals surface area contributed by atoms with Gasteiger partial charge in [0.05, 0.1) is 18.8 Å². The van der Waals surface area contributed by atoms with Crippen LogP contribution in [0.4, 0.5) is 0 Å². The molecule has 0 radical (unpaired) electrons. The summed E-state index contributed by atoms with van der Waals surface area (Å²) in [4.78, 5) is 9.62. The quantitative estimate of drug-likeness (QED) is 0.578. The highest BCUT2D eigenvalue weighted by Crippen LogP contribution is 2.24. The van der Waals surface area contributed by atoms with E-state index in [2.05, 4.69) is 55.8 Å². The van der Waals surface area contributed by atoms with E-state index in [0.717, 1.165) is 32.2 Å². The number of ether oxygens (including phenoxy) is 1. The smallest absolute Gasteiger partial charge is 0.191 e. The number of aliphatic imine (C=N–C) groups is 1. The SMILES string of the molecule is CN=C(NCC1CN2CCCC2CO1)NCC(c1ccccc1)N1CCCC1. The number of nitrogens with one attached hydrogen (secondary N) is 2. The normalized spacial score (nSPS) is 27.5. The zero-order valence-corrected chi connectivity index (χ0v) is 17.1. The van der Waals surface area contributed by atoms with Gasteiger partial charge >= 0.3 is 0 Å². The molecular formula is C22H35N5O. The number of morpholine rings is 1. The molecule has 28 heavy (non-hydrogen) atoms. The van der Waals surface area contributed by atoms with Crippen LogP contribution < -0.4 is 10.6 Å². The summed E-state index contributed by atoms with van der Waals surface area (Å²) in [6.45, 7) is 7.18. The Labute approximate surface area is 169 Å². The summed E-state index contributed by atoms with van der Waals surface area (Å²) in [5, 5.41) is 7.04. The third kappa shape index (κ3) is 4.85. The van der Waals surface area contributed by atoms with Crippen molar-refractivity contribution in [3.05, 3.63) is 35.9 Å². The first-order chi connectivity index (χ1) is 13.8. The van der Waals surface area contributed by atoms with Gasteiger partial charge in [-0.2, -0.15) is 0 Å². The monoisotopic (exact) mass is 385 g/mol. The van der Waals surface area contributed by atoms with Crippen molar-refractivity contribution in [3.8, 4) is 0 Å². The fourth-order valence-corrected chi connectivity index (χ4v) is 4.82. The van der Waals surface area contributed by atoms with E-state index in [-0.39, 0.29) is 6.10 Å². The Morgan fingerprint density at radius 3 is 2.75 bits per heavy atom. The predicted molar refractivity (Wildman–Crippen MR) is 114 cm³/mol. The van der Waals surface area contributed by atoms with Crippen molar-refractivity contribution in [2.75, 3.05) is 52.9 Å². The minimum Gasteiger partial charge on any atom is -0.373 e. The summed E-state index contributed by atoms with van der Waals surface area (Å²) >= 11 is 0. The molecule has 3 aliphatic rings. The van der Waals surface area contributed by atoms with Crippen LogP contribution in [0.25, 0.3) is 0 Å². The molecule has 0 aromatic heterocycles. The average Bonchev–Trinajstić information content (AvgIpc) is 3.43. The molecule has 0 saturated carbocycles. The average molecular weight is 386 g/mol. The zero-order chi connectivity index (χ0) is 19.2. The first kappa shape index (κ1) is 19.7. The van der Waals surface area contributed by atoms with Gasteiger partial charge < -0.3 is 15.4 Å². The summed E-state index contributed by atoms with van der Waals surface area (Å²) in [6.07, 6.45) is 5.45. The maximum atomic E-state index is 6.07. The van der Waals surface area contributed by atoms with E-state index in [1.807, 2.05) is 7.05 Å². The second-order valence-electron chi connectivity index (χ2n) is 8.25. The highest BCUT2D eigenvalue weighted by atomic mass is 16.5. The van der Waals surface area contributed by atoms with E-state index < -0.39 is 0 Å². The summed E-state index contributed by atoms with van der Waals surface area (Å²) in [7, 11) is 1.85. The van der Waals surface area contributed by atoms with E-state index >= 15 is 0 Å². The van der Waals surface area contributed by atoms with Gasteiger partial charge in [0.1, 0.15) is 0 Å². The Morgan fingerprint density at radius 2 is 1.96 bits per heavy atom. The van der Waals surface area contributed by atoms with Gasteiger partial charge in [0.2, 0.25) is 0 Å². The van der Waals surface area contributed by atoms with Gasteiger partial charge in [-0.15, -0.1) is 0 Å². The number of guanidine groups is 1. The van der Waals surface area contributed by atoms with Gasteiger partial charge in [-0.1, -0.05) is 30.3 Å². The lowest BCUT2D eigenvalue weighted by atomic mass is 10.1. The lowest BCUT2D eigenvalue weighted by Gasteiger charge is -2.35. The van der Waals surface area contributed by atoms with Crippen LogP contribution in [0.5, 0.6) is 0 Å². The lowest BCUT2D eigenvalue weighted by molar-refractivity contribution is -0.0453. The van der Waals surface area contributed by atoms with Gasteiger partial charge in [-0.3, -0.25) is 14.8 Å². The van der Waals surface area contributed by atoms with Gasteiger partial charge in [0.15, 0.2) is 5.96 Å². The van der Waals surface area contributed by atoms with Crippen molar-refractivity contribution < 1.29 is 4.74 Å². The third-order valence-corrected chi connectivity index (χ3v) is 6.41. The lowest BCUT2D eigenvalue weighted by Crippen LogP contribution is -2.52. The number of nitrogens with zero attached hydrogens (tertiary/aromatic N) is 3. The molecule has 3 saturated heterocycles. The molecule has 3 fully saturated rings. The minimum absolute atomic E-state index is 0.247. The van der Waals surface area contributed by atoms with Crippen LogP contribution in [0.3, 0.4) is 0 Å². The molecule has 3 atom stereocenters. The second-order valence-corrected chi connectivity index (χ2v) is 8.25. The number of hydrogen-bond acceptors (Lipinski definition) is 4. The van der Waals surface area contributed by atoms with Crippen molar-refractivity contribution in [2.24, 2.45) is 4.99 Å². The Balaban J connectivity index is 1.28. The summed E-state index contributed by atoms with van der Waals surface area (Å²) in [5.74, 6) is 0.868. The second kappa shape index (κ2) is 9.72. The topological polar surface area (TPSA) is 52.1 Å². The molecule has 6 nitrogen and oxygen atoms in total. The molecule has 6 heteroatoms. The Kier molecular flexibility index (Phi) is 6.83. The molecule has 3 heterocycles. The van der Waals surface area contributed by atoms with Crippen LogP contribution in [-0.4, -0.2) is 80.8 Å². The maximum Gasteiger partial charge on any atom is 0.191 e. The molecule has 1 aromatic carbocycles. The van der Waals surface area contributed by atoms with Gasteiger partial charge in [-0.05, 0) is 50.9 Å². The standard InChI is InChI=1S/C22H35N5O/c1-23-22(24-14-20-16-27-13-7-10-19(27)17-28-20)25-15-21(26-11-5-6-12-26)18-8-3-2-4-9-18/h2-4,8-9,19-21H,5-7,10-17H2,1H3,(H2,23,24,25). The highest BCUT2D eigenvalue weighted by Gasteiger charge is 2.32. The van der Waals surface area contributed by atoms with Gasteiger partial charge in [-0.25, -0.2) is 0 Å². The Bertz CT molecular complexity index is 631. The molecule has 3 unspecified atom stereocenters. The van der Waals surface area contributed by atoms with Gasteiger partial charge in [0.25, 0.3) is 0 Å². The van der Waals surface area contributed by atoms with Crippen molar-refractivity contribution in [1.82, 2.24) is 20.4 Å². The van der Waals surface area contributed by atoms with E-state index in [9.17, 15) is 0 Å². The van der Waals surface area contributed by atoms with E-state index in [0.29, 0.717) is 12.1 Å². The number of fused-ring (bicyclic) bond motifs is 1. The van der Waals surface area contributed by atoms with Crippen molar-refractivity contribution >= 4 is 5.96 Å². The van der Waals surface area contributed by atoms with Crippen molar-refractivity contribution in [3.63, 3.8) is 0 Å². The predicted octanol–water partition coefficient (Wildman–Crippen LogP) is 1.85. The van der Waals surface area contributed by atoms with Crippen molar-refractivity contribution in [2.45, 2.75) is 43.9 Å². The van der Waals surface area contributed by atoms with Gasteiger partial charge in [0, 0.05) is 32.7 Å². The highest BCUT2D eigenvalue weighted by molar-refractivity contribution is 5.79. The Morgan fingerprint density at radius 1 is 1.14 bits per heavy atom. The molecule has 0 bridgehead atoms. The van der Waals surface area contributed by atoms with Crippen LogP contribution in [0.1, 0.15) is 37.3 Å². The molecule has 0 spiro atoms.